The number of nitrogens with one attached hydrogen (secondary N) is 1. The van der Waals surface area contributed by atoms with E-state index in [9.17, 15) is 18.0 Å². The Morgan fingerprint density at radius 3 is 2.33 bits per heavy atom. The number of rotatable bonds is 8. The Kier molecular flexibility index (Phi) is 7.11. The van der Waals surface area contributed by atoms with Crippen molar-refractivity contribution in [2.75, 3.05) is 13.7 Å². The largest absolute Gasteiger partial charge is 0.496 e. The molecule has 0 fully saturated rings. The first kappa shape index (κ1) is 21.1. The third kappa shape index (κ3) is 5.88. The summed E-state index contributed by atoms with van der Waals surface area (Å²) in [5, 5.41) is 0. The molecule has 0 amide bonds. The monoisotopic (exact) mass is 455 g/mol. The fourth-order valence-corrected chi connectivity index (χ4v) is 3.68. The van der Waals surface area contributed by atoms with Gasteiger partial charge in [-0.2, -0.15) is 4.72 Å². The summed E-state index contributed by atoms with van der Waals surface area (Å²) in [4.78, 5) is 23.0. The Morgan fingerprint density at radius 2 is 1.78 bits per heavy atom. The highest BCUT2D eigenvalue weighted by molar-refractivity contribution is 9.10. The molecule has 2 rings (SSSR count). The molecule has 0 atom stereocenters. The number of esters is 1. The molecule has 0 aromatic heterocycles. The van der Waals surface area contributed by atoms with E-state index in [0.29, 0.717) is 15.8 Å². The zero-order chi connectivity index (χ0) is 20.0. The maximum atomic E-state index is 12.2. The maximum absolute atomic E-state index is 12.2. The Hall–Kier alpha value is -2.23. The summed E-state index contributed by atoms with van der Waals surface area (Å²) in [6.45, 7) is 0.879. The number of benzene rings is 2. The summed E-state index contributed by atoms with van der Waals surface area (Å²) in [6.07, 6.45) is 0. The zero-order valence-corrected chi connectivity index (χ0v) is 17.1. The van der Waals surface area contributed by atoms with Crippen LogP contribution >= 0.6 is 15.9 Å². The van der Waals surface area contributed by atoms with Gasteiger partial charge in [0.1, 0.15) is 18.9 Å². The van der Waals surface area contributed by atoms with Gasteiger partial charge in [-0.3, -0.25) is 9.59 Å². The second-order valence-corrected chi connectivity index (χ2v) is 8.16. The molecule has 0 aliphatic carbocycles. The van der Waals surface area contributed by atoms with Crippen LogP contribution in [0.5, 0.6) is 5.75 Å². The molecule has 9 heteroatoms. The van der Waals surface area contributed by atoms with E-state index >= 15 is 0 Å². The Bertz CT molecular complexity index is 941. The Balaban J connectivity index is 1.90. The van der Waals surface area contributed by atoms with Gasteiger partial charge in [-0.25, -0.2) is 8.42 Å². The van der Waals surface area contributed by atoms with Crippen LogP contribution in [0.1, 0.15) is 22.8 Å². The molecular weight excluding hydrogens is 438 g/mol. The van der Waals surface area contributed by atoms with Crippen LogP contribution in [0.15, 0.2) is 51.8 Å². The lowest BCUT2D eigenvalue weighted by Crippen LogP contribution is -2.30. The van der Waals surface area contributed by atoms with Crippen molar-refractivity contribution in [3.05, 3.63) is 58.1 Å². The van der Waals surface area contributed by atoms with Crippen molar-refractivity contribution in [1.82, 2.24) is 4.72 Å². The van der Waals surface area contributed by atoms with E-state index in [1.54, 1.807) is 25.3 Å². The lowest BCUT2D eigenvalue weighted by Gasteiger charge is -2.09. The molecule has 0 unspecified atom stereocenters. The smallest absolute Gasteiger partial charge is 0.321 e. The third-order valence-electron chi connectivity index (χ3n) is 3.59. The number of ether oxygens (including phenoxy) is 2. The normalized spacial score (nSPS) is 11.1. The highest BCUT2D eigenvalue weighted by atomic mass is 79.9. The van der Waals surface area contributed by atoms with Crippen LogP contribution in [0.25, 0.3) is 0 Å². The van der Waals surface area contributed by atoms with Gasteiger partial charge in [0, 0.05) is 5.56 Å². The summed E-state index contributed by atoms with van der Waals surface area (Å²) in [6, 6.07) is 10.6. The van der Waals surface area contributed by atoms with E-state index in [1.807, 2.05) is 0 Å². The average Bonchev–Trinajstić information content (AvgIpc) is 2.65. The minimum Gasteiger partial charge on any atom is -0.496 e. The number of carbonyl (C=O) groups excluding carboxylic acids is 2. The predicted octanol–water partition coefficient (Wildman–Crippen LogP) is 2.68. The molecule has 0 aliphatic rings. The van der Waals surface area contributed by atoms with Gasteiger partial charge in [0.15, 0.2) is 5.78 Å². The molecule has 0 heterocycles. The molecule has 0 saturated carbocycles. The predicted molar refractivity (Wildman–Crippen MR) is 102 cm³/mol. The number of sulfonamides is 1. The second kappa shape index (κ2) is 9.12. The molecule has 2 aromatic rings. The summed E-state index contributed by atoms with van der Waals surface area (Å²) < 4.78 is 37.4. The van der Waals surface area contributed by atoms with Gasteiger partial charge in [-0.1, -0.05) is 18.2 Å². The van der Waals surface area contributed by atoms with Gasteiger partial charge in [0.25, 0.3) is 0 Å². The van der Waals surface area contributed by atoms with Crippen LogP contribution in [0.2, 0.25) is 0 Å². The summed E-state index contributed by atoms with van der Waals surface area (Å²) in [5.41, 5.74) is 1.12. The van der Waals surface area contributed by atoms with E-state index in [1.165, 1.54) is 31.2 Å². The van der Waals surface area contributed by atoms with Gasteiger partial charge >= 0.3 is 5.97 Å². The lowest BCUT2D eigenvalue weighted by molar-refractivity contribution is -0.143. The molecule has 0 bridgehead atoms. The second-order valence-electron chi connectivity index (χ2n) is 5.53. The van der Waals surface area contributed by atoms with Gasteiger partial charge in [-0.05, 0) is 52.7 Å². The number of methoxy groups -OCH3 is 1. The zero-order valence-electron chi connectivity index (χ0n) is 14.7. The first-order valence-electron chi connectivity index (χ1n) is 7.81. The van der Waals surface area contributed by atoms with Crippen molar-refractivity contribution >= 4 is 37.7 Å². The standard InChI is InChI=1S/C18H18BrNO6S/c1-12(21)14-4-6-15(7-5-14)27(23,24)20-10-18(22)26-11-13-3-8-17(25-2)16(19)9-13/h3-9,20H,10-11H2,1-2H3. The quantitative estimate of drug-likeness (QED) is 0.485. The molecule has 7 nitrogen and oxygen atoms in total. The van der Waals surface area contributed by atoms with E-state index in [4.69, 9.17) is 9.47 Å². The molecule has 0 spiro atoms. The number of ketones is 1. The SMILES string of the molecule is COc1ccc(COC(=O)CNS(=O)(=O)c2ccc(C(C)=O)cc2)cc1Br. The molecule has 144 valence electrons. The van der Waals surface area contributed by atoms with Crippen molar-refractivity contribution in [2.24, 2.45) is 0 Å². The molecule has 0 radical (unpaired) electrons. The van der Waals surface area contributed by atoms with Crippen molar-refractivity contribution in [1.29, 1.82) is 0 Å². The number of hydrogen-bond donors (Lipinski definition) is 1. The molecule has 27 heavy (non-hydrogen) atoms. The minimum atomic E-state index is -3.88. The number of halogens is 1. The van der Waals surface area contributed by atoms with Crippen LogP contribution in [-0.4, -0.2) is 33.8 Å². The fourth-order valence-electron chi connectivity index (χ4n) is 2.12. The average molecular weight is 456 g/mol. The van der Waals surface area contributed by atoms with Crippen molar-refractivity contribution in [3.8, 4) is 5.75 Å². The van der Waals surface area contributed by atoms with E-state index < -0.39 is 22.5 Å². The first-order chi connectivity index (χ1) is 12.7. The molecular formula is C18H18BrNO6S. The maximum Gasteiger partial charge on any atom is 0.321 e. The topological polar surface area (TPSA) is 98.8 Å². The third-order valence-corrected chi connectivity index (χ3v) is 5.63. The number of hydrogen-bond acceptors (Lipinski definition) is 6. The Morgan fingerprint density at radius 1 is 1.11 bits per heavy atom. The van der Waals surface area contributed by atoms with Gasteiger partial charge in [-0.15, -0.1) is 0 Å². The Labute approximate surface area is 165 Å². The van der Waals surface area contributed by atoms with E-state index in [0.717, 1.165) is 5.56 Å². The van der Waals surface area contributed by atoms with Crippen LogP contribution in [0, 0.1) is 0 Å². The van der Waals surface area contributed by atoms with Crippen molar-refractivity contribution < 1.29 is 27.5 Å². The van der Waals surface area contributed by atoms with Crippen molar-refractivity contribution in [3.63, 3.8) is 0 Å². The summed E-state index contributed by atoms with van der Waals surface area (Å²) in [7, 11) is -2.34. The number of Topliss-reactive ketones (excluding diaryl/α,β-unsaturated/α-hetero) is 1. The number of carbonyl (C=O) groups is 2. The molecule has 2 aromatic carbocycles. The highest BCUT2D eigenvalue weighted by Crippen LogP contribution is 2.25. The van der Waals surface area contributed by atoms with Crippen LogP contribution in [0.4, 0.5) is 0 Å². The van der Waals surface area contributed by atoms with Crippen LogP contribution < -0.4 is 9.46 Å². The van der Waals surface area contributed by atoms with Gasteiger partial charge < -0.3 is 9.47 Å². The van der Waals surface area contributed by atoms with E-state index in [-0.39, 0.29) is 17.3 Å². The highest BCUT2D eigenvalue weighted by Gasteiger charge is 2.16. The minimum absolute atomic E-state index is 0.00351. The van der Waals surface area contributed by atoms with Crippen LogP contribution in [-0.2, 0) is 26.2 Å². The first-order valence-corrected chi connectivity index (χ1v) is 10.1. The molecule has 1 N–H and O–H groups in total. The molecule has 0 saturated heterocycles. The molecule has 0 aliphatic heterocycles. The summed E-state index contributed by atoms with van der Waals surface area (Å²) >= 11 is 3.33. The fraction of sp³-hybridized carbons (Fsp3) is 0.222. The van der Waals surface area contributed by atoms with Gasteiger partial charge in [0.05, 0.1) is 16.5 Å². The van der Waals surface area contributed by atoms with E-state index in [2.05, 4.69) is 20.7 Å². The lowest BCUT2D eigenvalue weighted by atomic mass is 10.2. The van der Waals surface area contributed by atoms with Crippen molar-refractivity contribution in [2.45, 2.75) is 18.4 Å². The summed E-state index contributed by atoms with van der Waals surface area (Å²) in [5.74, 6) is -0.236. The van der Waals surface area contributed by atoms with Crippen LogP contribution in [0.3, 0.4) is 0 Å². The van der Waals surface area contributed by atoms with Gasteiger partial charge in [0.2, 0.25) is 10.0 Å².